The van der Waals surface area contributed by atoms with Gasteiger partial charge in [0.2, 0.25) is 0 Å². The van der Waals surface area contributed by atoms with Crippen molar-refractivity contribution in [3.8, 4) is 11.5 Å². The minimum Gasteiger partial charge on any atom is -0.496 e. The van der Waals surface area contributed by atoms with Gasteiger partial charge in [0.1, 0.15) is 11.5 Å². The van der Waals surface area contributed by atoms with Gasteiger partial charge in [-0.05, 0) is 35.9 Å². The smallest absolute Gasteiger partial charge is 0.141 e. The van der Waals surface area contributed by atoms with Crippen LogP contribution in [0.2, 0.25) is 0 Å². The SMILES string of the molecule is COc1ccc(Cn2ccc3c(OC)cccc32)cc1N. The molecule has 1 heterocycles. The Balaban J connectivity index is 1.97. The number of ether oxygens (including phenoxy) is 2. The van der Waals surface area contributed by atoms with Gasteiger partial charge in [0.05, 0.1) is 25.4 Å². The maximum atomic E-state index is 5.96. The molecule has 0 aliphatic rings. The fraction of sp³-hybridized carbons (Fsp3) is 0.176. The molecule has 0 atom stereocenters. The monoisotopic (exact) mass is 282 g/mol. The molecular weight excluding hydrogens is 264 g/mol. The first-order chi connectivity index (χ1) is 10.2. The average Bonchev–Trinajstić information content (AvgIpc) is 2.91. The van der Waals surface area contributed by atoms with Crippen molar-refractivity contribution in [2.45, 2.75) is 6.54 Å². The summed E-state index contributed by atoms with van der Waals surface area (Å²) in [7, 11) is 3.31. The van der Waals surface area contributed by atoms with E-state index in [1.54, 1.807) is 14.2 Å². The number of anilines is 1. The number of nitrogens with zero attached hydrogens (tertiary/aromatic N) is 1. The van der Waals surface area contributed by atoms with E-state index in [1.165, 1.54) is 0 Å². The highest BCUT2D eigenvalue weighted by Gasteiger charge is 2.07. The summed E-state index contributed by atoms with van der Waals surface area (Å²) in [6, 6.07) is 14.0. The number of rotatable bonds is 4. The fourth-order valence-corrected chi connectivity index (χ4v) is 2.59. The number of hydrogen-bond donors (Lipinski definition) is 1. The molecule has 4 nitrogen and oxygen atoms in total. The molecule has 2 N–H and O–H groups in total. The van der Waals surface area contributed by atoms with Crippen LogP contribution in [0.5, 0.6) is 11.5 Å². The van der Waals surface area contributed by atoms with Crippen LogP contribution in [0.15, 0.2) is 48.7 Å². The lowest BCUT2D eigenvalue weighted by atomic mass is 10.2. The zero-order valence-corrected chi connectivity index (χ0v) is 12.2. The van der Waals surface area contributed by atoms with Gasteiger partial charge in [-0.15, -0.1) is 0 Å². The Morgan fingerprint density at radius 3 is 2.52 bits per heavy atom. The Morgan fingerprint density at radius 1 is 1.00 bits per heavy atom. The highest BCUT2D eigenvalue weighted by molar-refractivity contribution is 5.86. The molecule has 0 saturated carbocycles. The van der Waals surface area contributed by atoms with Gasteiger partial charge < -0.3 is 19.8 Å². The Labute approximate surface area is 123 Å². The van der Waals surface area contributed by atoms with E-state index in [4.69, 9.17) is 15.2 Å². The number of nitrogens with two attached hydrogens (primary N) is 1. The van der Waals surface area contributed by atoms with Crippen LogP contribution in [0, 0.1) is 0 Å². The summed E-state index contributed by atoms with van der Waals surface area (Å²) in [4.78, 5) is 0. The summed E-state index contributed by atoms with van der Waals surface area (Å²) < 4.78 is 12.8. The van der Waals surface area contributed by atoms with Crippen molar-refractivity contribution in [1.29, 1.82) is 0 Å². The maximum Gasteiger partial charge on any atom is 0.141 e. The third kappa shape index (κ3) is 2.40. The molecule has 108 valence electrons. The van der Waals surface area contributed by atoms with Gasteiger partial charge in [0.15, 0.2) is 0 Å². The second-order valence-corrected chi connectivity index (χ2v) is 4.91. The molecule has 3 aromatic rings. The molecule has 0 amide bonds. The van der Waals surface area contributed by atoms with Gasteiger partial charge in [0.25, 0.3) is 0 Å². The fourth-order valence-electron chi connectivity index (χ4n) is 2.59. The molecule has 0 saturated heterocycles. The molecular formula is C17H18N2O2. The van der Waals surface area contributed by atoms with Crippen LogP contribution in [0.3, 0.4) is 0 Å². The molecule has 21 heavy (non-hydrogen) atoms. The number of fused-ring (bicyclic) bond motifs is 1. The van der Waals surface area contributed by atoms with Crippen molar-refractivity contribution in [3.63, 3.8) is 0 Å². The van der Waals surface area contributed by atoms with E-state index >= 15 is 0 Å². The molecule has 1 aromatic heterocycles. The molecule has 0 spiro atoms. The molecule has 3 rings (SSSR count). The van der Waals surface area contributed by atoms with Crippen molar-refractivity contribution in [3.05, 3.63) is 54.2 Å². The average molecular weight is 282 g/mol. The number of methoxy groups -OCH3 is 2. The summed E-state index contributed by atoms with van der Waals surface area (Å²) in [6.07, 6.45) is 2.06. The van der Waals surface area contributed by atoms with Crippen molar-refractivity contribution < 1.29 is 9.47 Å². The Hall–Kier alpha value is -2.62. The highest BCUT2D eigenvalue weighted by Crippen LogP contribution is 2.28. The lowest BCUT2D eigenvalue weighted by Gasteiger charge is -2.10. The lowest BCUT2D eigenvalue weighted by molar-refractivity contribution is 0.417. The van der Waals surface area contributed by atoms with Crippen molar-refractivity contribution in [1.82, 2.24) is 4.57 Å². The van der Waals surface area contributed by atoms with E-state index < -0.39 is 0 Å². The summed E-state index contributed by atoms with van der Waals surface area (Å²) in [5.74, 6) is 1.60. The van der Waals surface area contributed by atoms with E-state index in [1.807, 2.05) is 30.3 Å². The third-order valence-corrected chi connectivity index (χ3v) is 3.64. The molecule has 0 fully saturated rings. The van der Waals surface area contributed by atoms with E-state index in [0.717, 1.165) is 28.8 Å². The lowest BCUT2D eigenvalue weighted by Crippen LogP contribution is -2.00. The zero-order valence-electron chi connectivity index (χ0n) is 12.2. The standard InChI is InChI=1S/C17H18N2O2/c1-20-16-5-3-4-15-13(16)8-9-19(15)11-12-6-7-17(21-2)14(18)10-12/h3-10H,11,18H2,1-2H3. The Morgan fingerprint density at radius 2 is 1.81 bits per heavy atom. The van der Waals surface area contributed by atoms with Crippen LogP contribution in [-0.2, 0) is 6.54 Å². The normalized spacial score (nSPS) is 10.8. The number of nitrogen functional groups attached to an aromatic ring is 1. The van der Waals surface area contributed by atoms with E-state index in [2.05, 4.69) is 22.9 Å². The molecule has 0 radical (unpaired) electrons. The molecule has 4 heteroatoms. The highest BCUT2D eigenvalue weighted by atomic mass is 16.5. The quantitative estimate of drug-likeness (QED) is 0.747. The van der Waals surface area contributed by atoms with Gasteiger partial charge in [0, 0.05) is 18.1 Å². The Bertz CT molecular complexity index is 778. The largest absolute Gasteiger partial charge is 0.496 e. The van der Waals surface area contributed by atoms with E-state index in [9.17, 15) is 0 Å². The molecule has 0 aliphatic carbocycles. The van der Waals surface area contributed by atoms with Gasteiger partial charge in [-0.25, -0.2) is 0 Å². The maximum absolute atomic E-state index is 5.96. The topological polar surface area (TPSA) is 49.4 Å². The molecule has 0 unspecified atom stereocenters. The van der Waals surface area contributed by atoms with Crippen LogP contribution in [0.4, 0.5) is 5.69 Å². The van der Waals surface area contributed by atoms with E-state index in [-0.39, 0.29) is 0 Å². The van der Waals surface area contributed by atoms with Gasteiger partial charge in [-0.1, -0.05) is 12.1 Å². The molecule has 0 bridgehead atoms. The predicted molar refractivity (Wildman–Crippen MR) is 85.0 cm³/mol. The summed E-state index contributed by atoms with van der Waals surface area (Å²) in [5, 5.41) is 1.11. The number of aromatic nitrogens is 1. The van der Waals surface area contributed by atoms with E-state index in [0.29, 0.717) is 11.4 Å². The first kappa shape index (κ1) is 13.4. The Kier molecular flexibility index (Phi) is 3.44. The minimum atomic E-state index is 0.657. The van der Waals surface area contributed by atoms with Crippen LogP contribution in [-0.4, -0.2) is 18.8 Å². The van der Waals surface area contributed by atoms with Crippen molar-refractivity contribution in [2.24, 2.45) is 0 Å². The number of benzene rings is 2. The van der Waals surface area contributed by atoms with Crippen molar-refractivity contribution in [2.75, 3.05) is 20.0 Å². The van der Waals surface area contributed by atoms with Crippen LogP contribution in [0.1, 0.15) is 5.56 Å². The van der Waals surface area contributed by atoms with Gasteiger partial charge in [-0.2, -0.15) is 0 Å². The zero-order chi connectivity index (χ0) is 14.8. The first-order valence-corrected chi connectivity index (χ1v) is 6.77. The third-order valence-electron chi connectivity index (χ3n) is 3.64. The van der Waals surface area contributed by atoms with Crippen LogP contribution >= 0.6 is 0 Å². The molecule has 2 aromatic carbocycles. The van der Waals surface area contributed by atoms with Gasteiger partial charge >= 0.3 is 0 Å². The minimum absolute atomic E-state index is 0.657. The van der Waals surface area contributed by atoms with Crippen molar-refractivity contribution >= 4 is 16.6 Å². The second kappa shape index (κ2) is 5.40. The van der Waals surface area contributed by atoms with Crippen LogP contribution in [0.25, 0.3) is 10.9 Å². The summed E-state index contributed by atoms with van der Waals surface area (Å²) >= 11 is 0. The van der Waals surface area contributed by atoms with Gasteiger partial charge in [-0.3, -0.25) is 0 Å². The molecule has 0 aliphatic heterocycles. The van der Waals surface area contributed by atoms with Crippen LogP contribution < -0.4 is 15.2 Å². The predicted octanol–water partition coefficient (Wildman–Crippen LogP) is 3.29. The number of hydrogen-bond acceptors (Lipinski definition) is 3. The second-order valence-electron chi connectivity index (χ2n) is 4.91. The first-order valence-electron chi connectivity index (χ1n) is 6.77. The summed E-state index contributed by atoms with van der Waals surface area (Å²) in [5.41, 5.74) is 8.90. The summed E-state index contributed by atoms with van der Waals surface area (Å²) in [6.45, 7) is 0.755.